The van der Waals surface area contributed by atoms with E-state index in [0.717, 1.165) is 0 Å². The van der Waals surface area contributed by atoms with Crippen LogP contribution in [0, 0.1) is 5.82 Å². The van der Waals surface area contributed by atoms with Crippen molar-refractivity contribution in [3.63, 3.8) is 0 Å². The molecule has 0 saturated heterocycles. The van der Waals surface area contributed by atoms with Crippen molar-refractivity contribution < 1.29 is 28.8 Å². The average molecular weight is 288 g/mol. The van der Waals surface area contributed by atoms with E-state index >= 15 is 0 Å². The maximum atomic E-state index is 13.2. The van der Waals surface area contributed by atoms with Crippen LogP contribution in [-0.2, 0) is 9.47 Å². The molecule has 0 radical (unpaired) electrons. The van der Waals surface area contributed by atoms with Gasteiger partial charge in [-0.05, 0) is 19.1 Å². The number of halogens is 1. The molecule has 20 heavy (non-hydrogen) atoms. The van der Waals surface area contributed by atoms with Gasteiger partial charge >= 0.3 is 0 Å². The number of ether oxygens (including phenoxy) is 3. The number of aliphatic hydroxyl groups excluding tert-OH is 2. The fourth-order valence-electron chi connectivity index (χ4n) is 1.57. The van der Waals surface area contributed by atoms with Crippen LogP contribution in [0.15, 0.2) is 18.2 Å². The highest BCUT2D eigenvalue weighted by atomic mass is 19.1. The lowest BCUT2D eigenvalue weighted by Crippen LogP contribution is -2.24. The van der Waals surface area contributed by atoms with E-state index in [0.29, 0.717) is 18.8 Å². The first-order valence-corrected chi connectivity index (χ1v) is 6.39. The molecule has 0 aromatic heterocycles. The SMILES string of the molecule is COCCOCC(O)COc1cc(F)ccc1[C@H](C)O. The molecule has 1 rings (SSSR count). The molecule has 2 atom stereocenters. The zero-order chi connectivity index (χ0) is 15.0. The van der Waals surface area contributed by atoms with E-state index in [-0.39, 0.29) is 19.0 Å². The fraction of sp³-hybridized carbons (Fsp3) is 0.571. The Bertz CT molecular complexity index is 397. The monoisotopic (exact) mass is 288 g/mol. The number of hydrogen-bond donors (Lipinski definition) is 2. The highest BCUT2D eigenvalue weighted by Crippen LogP contribution is 2.26. The summed E-state index contributed by atoms with van der Waals surface area (Å²) < 4.78 is 28.4. The minimum absolute atomic E-state index is 0.0455. The number of methoxy groups -OCH3 is 1. The zero-order valence-corrected chi connectivity index (χ0v) is 11.7. The molecule has 5 nitrogen and oxygen atoms in total. The van der Waals surface area contributed by atoms with Crippen molar-refractivity contribution in [2.24, 2.45) is 0 Å². The van der Waals surface area contributed by atoms with Crippen molar-refractivity contribution in [1.29, 1.82) is 0 Å². The Morgan fingerprint density at radius 1 is 1.20 bits per heavy atom. The Morgan fingerprint density at radius 3 is 2.60 bits per heavy atom. The van der Waals surface area contributed by atoms with Gasteiger partial charge in [0, 0.05) is 18.7 Å². The minimum Gasteiger partial charge on any atom is -0.490 e. The van der Waals surface area contributed by atoms with Gasteiger partial charge in [0.2, 0.25) is 0 Å². The van der Waals surface area contributed by atoms with Crippen LogP contribution >= 0.6 is 0 Å². The Morgan fingerprint density at radius 2 is 1.95 bits per heavy atom. The van der Waals surface area contributed by atoms with Crippen molar-refractivity contribution in [3.8, 4) is 5.75 Å². The van der Waals surface area contributed by atoms with Crippen molar-refractivity contribution in [1.82, 2.24) is 0 Å². The highest BCUT2D eigenvalue weighted by Gasteiger charge is 2.12. The molecular formula is C14H21FO5. The van der Waals surface area contributed by atoms with Crippen molar-refractivity contribution in [2.45, 2.75) is 19.1 Å². The lowest BCUT2D eigenvalue weighted by molar-refractivity contribution is -0.00464. The van der Waals surface area contributed by atoms with Crippen molar-refractivity contribution in [2.75, 3.05) is 33.5 Å². The van der Waals surface area contributed by atoms with E-state index in [1.165, 1.54) is 18.2 Å². The van der Waals surface area contributed by atoms with Crippen molar-refractivity contribution in [3.05, 3.63) is 29.6 Å². The Hall–Kier alpha value is -1.21. The van der Waals surface area contributed by atoms with E-state index in [4.69, 9.17) is 14.2 Å². The Kier molecular flexibility index (Phi) is 7.46. The maximum absolute atomic E-state index is 13.2. The quantitative estimate of drug-likeness (QED) is 0.670. The van der Waals surface area contributed by atoms with Crippen LogP contribution < -0.4 is 4.74 Å². The lowest BCUT2D eigenvalue weighted by atomic mass is 10.1. The fourth-order valence-corrected chi connectivity index (χ4v) is 1.57. The van der Waals surface area contributed by atoms with E-state index in [1.54, 1.807) is 14.0 Å². The molecule has 0 bridgehead atoms. The second-order valence-corrected chi connectivity index (χ2v) is 4.39. The lowest BCUT2D eigenvalue weighted by Gasteiger charge is -2.16. The first-order valence-electron chi connectivity index (χ1n) is 6.39. The molecule has 0 aliphatic rings. The molecule has 1 aromatic carbocycles. The summed E-state index contributed by atoms with van der Waals surface area (Å²) in [6.07, 6.45) is -1.61. The molecule has 0 saturated carbocycles. The summed E-state index contributed by atoms with van der Waals surface area (Å²) in [6, 6.07) is 3.89. The molecule has 2 N–H and O–H groups in total. The molecule has 0 spiro atoms. The topological polar surface area (TPSA) is 68.2 Å². The predicted octanol–water partition coefficient (Wildman–Crippen LogP) is 1.28. The smallest absolute Gasteiger partial charge is 0.128 e. The molecular weight excluding hydrogens is 267 g/mol. The third kappa shape index (κ3) is 5.83. The van der Waals surface area contributed by atoms with Crippen LogP contribution in [0.1, 0.15) is 18.6 Å². The van der Waals surface area contributed by atoms with Crippen LogP contribution in [-0.4, -0.2) is 49.9 Å². The third-order valence-corrected chi connectivity index (χ3v) is 2.60. The Balaban J connectivity index is 2.46. The van der Waals surface area contributed by atoms with Crippen LogP contribution in [0.5, 0.6) is 5.75 Å². The second kappa shape index (κ2) is 8.86. The average Bonchev–Trinajstić information content (AvgIpc) is 2.41. The Labute approximate surface area is 117 Å². The summed E-state index contributed by atoms with van der Waals surface area (Å²) in [5, 5.41) is 19.2. The van der Waals surface area contributed by atoms with Gasteiger partial charge in [-0.3, -0.25) is 0 Å². The first-order chi connectivity index (χ1) is 9.54. The van der Waals surface area contributed by atoms with Gasteiger partial charge in [0.15, 0.2) is 0 Å². The molecule has 0 aliphatic heterocycles. The van der Waals surface area contributed by atoms with Crippen molar-refractivity contribution >= 4 is 0 Å². The molecule has 0 fully saturated rings. The molecule has 1 aromatic rings. The van der Waals surface area contributed by atoms with Gasteiger partial charge in [0.1, 0.15) is 24.3 Å². The number of rotatable bonds is 9. The molecule has 6 heteroatoms. The van der Waals surface area contributed by atoms with Gasteiger partial charge in [0.05, 0.1) is 25.9 Å². The highest BCUT2D eigenvalue weighted by molar-refractivity contribution is 5.35. The van der Waals surface area contributed by atoms with Gasteiger partial charge in [0.25, 0.3) is 0 Å². The summed E-state index contributed by atoms with van der Waals surface area (Å²) in [5.74, 6) is -0.244. The third-order valence-electron chi connectivity index (χ3n) is 2.60. The van der Waals surface area contributed by atoms with Crippen LogP contribution in [0.4, 0.5) is 4.39 Å². The normalized spacial score (nSPS) is 14.1. The van der Waals surface area contributed by atoms with Gasteiger partial charge in [-0.2, -0.15) is 0 Å². The summed E-state index contributed by atoms with van der Waals surface area (Å²) >= 11 is 0. The predicted molar refractivity (Wildman–Crippen MR) is 71.2 cm³/mol. The van der Waals surface area contributed by atoms with Gasteiger partial charge < -0.3 is 24.4 Å². The van der Waals surface area contributed by atoms with E-state index in [1.807, 2.05) is 0 Å². The van der Waals surface area contributed by atoms with E-state index < -0.39 is 18.0 Å². The van der Waals surface area contributed by atoms with E-state index in [9.17, 15) is 14.6 Å². The number of aliphatic hydroxyl groups is 2. The van der Waals surface area contributed by atoms with Crippen LogP contribution in [0.2, 0.25) is 0 Å². The zero-order valence-electron chi connectivity index (χ0n) is 11.7. The molecule has 0 aliphatic carbocycles. The van der Waals surface area contributed by atoms with E-state index in [2.05, 4.69) is 0 Å². The minimum atomic E-state index is -0.836. The maximum Gasteiger partial charge on any atom is 0.128 e. The standard InChI is InChI=1S/C14H21FO5/c1-10(16)13-4-3-11(15)7-14(13)20-9-12(17)8-19-6-5-18-2/h3-4,7,10,12,16-17H,5-6,8-9H2,1-2H3/t10-,12?/m0/s1. The summed E-state index contributed by atoms with van der Waals surface area (Å²) in [4.78, 5) is 0. The van der Waals surface area contributed by atoms with Gasteiger partial charge in [-0.25, -0.2) is 4.39 Å². The summed E-state index contributed by atoms with van der Waals surface area (Å²) in [5.41, 5.74) is 0.471. The first kappa shape index (κ1) is 16.8. The molecule has 1 unspecified atom stereocenters. The van der Waals surface area contributed by atoms with Crippen LogP contribution in [0.3, 0.4) is 0 Å². The molecule has 0 heterocycles. The number of benzene rings is 1. The largest absolute Gasteiger partial charge is 0.490 e. The second-order valence-electron chi connectivity index (χ2n) is 4.39. The number of hydrogen-bond acceptors (Lipinski definition) is 5. The summed E-state index contributed by atoms with van der Waals surface area (Å²) in [6.45, 7) is 2.44. The molecule has 114 valence electrons. The summed E-state index contributed by atoms with van der Waals surface area (Å²) in [7, 11) is 1.56. The van der Waals surface area contributed by atoms with Gasteiger partial charge in [-0.15, -0.1) is 0 Å². The van der Waals surface area contributed by atoms with Gasteiger partial charge in [-0.1, -0.05) is 0 Å². The van der Waals surface area contributed by atoms with Crippen LogP contribution in [0.25, 0.3) is 0 Å². The molecule has 0 amide bonds.